The topological polar surface area (TPSA) is 85.9 Å². The zero-order valence-corrected chi connectivity index (χ0v) is 18.5. The minimum atomic E-state index is -0.335. The lowest BCUT2D eigenvalue weighted by Crippen LogP contribution is -2.45. The molecule has 8 heteroatoms. The maximum Gasteiger partial charge on any atom is 0.253 e. The Hall–Kier alpha value is -3.26. The van der Waals surface area contributed by atoms with Gasteiger partial charge in [0, 0.05) is 55.7 Å². The molecule has 4 heterocycles. The number of hydrogen-bond acceptors (Lipinski definition) is 5. The van der Waals surface area contributed by atoms with Gasteiger partial charge in [0.1, 0.15) is 5.82 Å². The molecule has 170 valence electrons. The van der Waals surface area contributed by atoms with E-state index in [0.29, 0.717) is 29.2 Å². The van der Waals surface area contributed by atoms with E-state index in [2.05, 4.69) is 30.5 Å². The van der Waals surface area contributed by atoms with Crippen LogP contribution in [-0.2, 0) is 5.41 Å². The fourth-order valence-electron chi connectivity index (χ4n) is 5.55. The molecule has 2 fully saturated rings. The molecular formula is C25H27FN6O. The van der Waals surface area contributed by atoms with E-state index in [4.69, 9.17) is 0 Å². The summed E-state index contributed by atoms with van der Waals surface area (Å²) in [4.78, 5) is 27.2. The van der Waals surface area contributed by atoms with Gasteiger partial charge in [-0.2, -0.15) is 0 Å². The molecule has 2 aliphatic heterocycles. The average Bonchev–Trinajstić information content (AvgIpc) is 3.51. The van der Waals surface area contributed by atoms with Gasteiger partial charge in [0.15, 0.2) is 5.82 Å². The number of nitrogens with one attached hydrogen (secondary N) is 3. The van der Waals surface area contributed by atoms with Gasteiger partial charge in [-0.05, 0) is 43.2 Å². The van der Waals surface area contributed by atoms with E-state index < -0.39 is 0 Å². The van der Waals surface area contributed by atoms with Crippen molar-refractivity contribution in [3.05, 3.63) is 53.6 Å². The maximum absolute atomic E-state index is 15.1. The Balaban J connectivity index is 1.34. The van der Waals surface area contributed by atoms with E-state index in [1.54, 1.807) is 24.4 Å². The Morgan fingerprint density at radius 2 is 1.85 bits per heavy atom. The summed E-state index contributed by atoms with van der Waals surface area (Å²) in [7, 11) is 0. The number of aromatic nitrogens is 3. The fourth-order valence-corrected chi connectivity index (χ4v) is 5.55. The van der Waals surface area contributed by atoms with Gasteiger partial charge in [0.05, 0.1) is 22.5 Å². The zero-order valence-electron chi connectivity index (χ0n) is 18.5. The van der Waals surface area contributed by atoms with Crippen LogP contribution in [0.1, 0.15) is 41.7 Å². The number of carbonyl (C=O) groups is 1. The van der Waals surface area contributed by atoms with Crippen LogP contribution in [0.15, 0.2) is 36.5 Å². The van der Waals surface area contributed by atoms with E-state index in [9.17, 15) is 4.79 Å². The van der Waals surface area contributed by atoms with Crippen molar-refractivity contribution >= 4 is 11.6 Å². The minimum absolute atomic E-state index is 0.0106. The summed E-state index contributed by atoms with van der Waals surface area (Å²) < 4.78 is 15.1. The molecule has 0 atom stereocenters. The lowest BCUT2D eigenvalue weighted by Gasteiger charge is -2.33. The Kier molecular flexibility index (Phi) is 4.90. The largest absolute Gasteiger partial charge is 0.369 e. The molecule has 1 aromatic carbocycles. The van der Waals surface area contributed by atoms with Crippen LogP contribution >= 0.6 is 0 Å². The van der Waals surface area contributed by atoms with Crippen LogP contribution < -0.4 is 15.5 Å². The molecule has 3 N–H and O–H groups in total. The van der Waals surface area contributed by atoms with Gasteiger partial charge in [-0.3, -0.25) is 4.79 Å². The zero-order chi connectivity index (χ0) is 22.4. The summed E-state index contributed by atoms with van der Waals surface area (Å²) in [5.41, 5.74) is 4.38. The number of halogens is 1. The summed E-state index contributed by atoms with van der Waals surface area (Å²) in [6.45, 7) is 4.19. The molecule has 0 bridgehead atoms. The van der Waals surface area contributed by atoms with Crippen molar-refractivity contribution in [3.63, 3.8) is 0 Å². The normalized spacial score (nSPS) is 19.5. The molecule has 6 rings (SSSR count). The molecule has 7 nitrogen and oxygen atoms in total. The second kappa shape index (κ2) is 7.95. The number of aromatic amines is 1. The lowest BCUT2D eigenvalue weighted by atomic mass is 9.78. The number of amides is 1. The lowest BCUT2D eigenvalue weighted by molar-refractivity contribution is 0.0924. The average molecular weight is 447 g/mol. The Labute approximate surface area is 191 Å². The third-order valence-corrected chi connectivity index (χ3v) is 7.35. The van der Waals surface area contributed by atoms with E-state index in [0.717, 1.165) is 56.1 Å². The van der Waals surface area contributed by atoms with Gasteiger partial charge in [-0.1, -0.05) is 12.8 Å². The van der Waals surface area contributed by atoms with Crippen molar-refractivity contribution in [2.75, 3.05) is 37.6 Å². The first-order valence-corrected chi connectivity index (χ1v) is 11.7. The standard InChI is InChI=1S/C25H27FN6O/c26-19-13-16(32-11-9-27-10-12-32)3-4-17(19)23-28-8-5-20(31-23)21-14-18-22(30-21)25(6-1-2-7-25)15-29-24(18)33/h3-5,8,13-14,27,30H,1-2,6-7,9-12,15H2,(H,29,33). The van der Waals surface area contributed by atoms with Crippen LogP contribution in [-0.4, -0.2) is 53.6 Å². The Morgan fingerprint density at radius 1 is 1.03 bits per heavy atom. The second-order valence-electron chi connectivity index (χ2n) is 9.31. The van der Waals surface area contributed by atoms with Crippen LogP contribution in [0.5, 0.6) is 0 Å². The van der Waals surface area contributed by atoms with Crippen molar-refractivity contribution in [2.24, 2.45) is 0 Å². The van der Waals surface area contributed by atoms with Crippen LogP contribution in [0, 0.1) is 5.82 Å². The Morgan fingerprint density at radius 3 is 2.64 bits per heavy atom. The second-order valence-corrected chi connectivity index (χ2v) is 9.31. The summed E-state index contributed by atoms with van der Waals surface area (Å²) in [6.07, 6.45) is 6.13. The summed E-state index contributed by atoms with van der Waals surface area (Å²) >= 11 is 0. The third-order valence-electron chi connectivity index (χ3n) is 7.35. The summed E-state index contributed by atoms with van der Waals surface area (Å²) in [5, 5.41) is 6.37. The molecule has 33 heavy (non-hydrogen) atoms. The van der Waals surface area contributed by atoms with E-state index in [1.165, 1.54) is 12.8 Å². The molecule has 3 aliphatic rings. The first-order chi connectivity index (χ1) is 16.1. The van der Waals surface area contributed by atoms with Crippen LogP contribution in [0.4, 0.5) is 10.1 Å². The highest BCUT2D eigenvalue weighted by atomic mass is 19.1. The minimum Gasteiger partial charge on any atom is -0.369 e. The van der Waals surface area contributed by atoms with E-state index in [1.807, 2.05) is 12.1 Å². The summed E-state index contributed by atoms with van der Waals surface area (Å²) in [6, 6.07) is 8.93. The molecule has 0 unspecified atom stereocenters. The SMILES string of the molecule is O=C1NCC2(CCCC2)c2[nH]c(-c3ccnc(-c4ccc(N5CCNCC5)cc4F)n3)cc21. The smallest absolute Gasteiger partial charge is 0.253 e. The number of H-pyrrole nitrogens is 1. The van der Waals surface area contributed by atoms with Crippen molar-refractivity contribution in [2.45, 2.75) is 31.1 Å². The molecule has 1 aliphatic carbocycles. The quantitative estimate of drug-likeness (QED) is 0.575. The van der Waals surface area contributed by atoms with Crippen molar-refractivity contribution in [1.29, 1.82) is 0 Å². The van der Waals surface area contributed by atoms with E-state index >= 15 is 4.39 Å². The molecule has 3 aromatic rings. The van der Waals surface area contributed by atoms with Gasteiger partial charge in [0.25, 0.3) is 5.91 Å². The number of rotatable bonds is 3. The van der Waals surface area contributed by atoms with Crippen LogP contribution in [0.3, 0.4) is 0 Å². The Bertz CT molecular complexity index is 1210. The van der Waals surface area contributed by atoms with Crippen molar-refractivity contribution < 1.29 is 9.18 Å². The van der Waals surface area contributed by atoms with Gasteiger partial charge in [-0.25, -0.2) is 14.4 Å². The highest BCUT2D eigenvalue weighted by molar-refractivity contribution is 5.98. The number of carbonyl (C=O) groups excluding carboxylic acids is 1. The monoisotopic (exact) mass is 446 g/mol. The molecule has 1 saturated heterocycles. The van der Waals surface area contributed by atoms with Crippen LogP contribution in [0.2, 0.25) is 0 Å². The van der Waals surface area contributed by atoms with Gasteiger partial charge < -0.3 is 20.5 Å². The maximum atomic E-state index is 15.1. The van der Waals surface area contributed by atoms with Gasteiger partial charge in [0.2, 0.25) is 0 Å². The highest BCUT2D eigenvalue weighted by Gasteiger charge is 2.43. The van der Waals surface area contributed by atoms with Crippen molar-refractivity contribution in [1.82, 2.24) is 25.6 Å². The first-order valence-electron chi connectivity index (χ1n) is 11.7. The van der Waals surface area contributed by atoms with Gasteiger partial charge in [-0.15, -0.1) is 0 Å². The highest BCUT2D eigenvalue weighted by Crippen LogP contribution is 2.44. The number of hydrogen-bond donors (Lipinski definition) is 3. The number of nitrogens with zero attached hydrogens (tertiary/aromatic N) is 3. The molecule has 1 saturated carbocycles. The van der Waals surface area contributed by atoms with Crippen LogP contribution in [0.25, 0.3) is 22.8 Å². The fraction of sp³-hybridized carbons (Fsp3) is 0.400. The molecule has 1 spiro atoms. The molecule has 0 radical (unpaired) electrons. The number of anilines is 1. The first kappa shape index (κ1) is 20.4. The summed E-state index contributed by atoms with van der Waals surface area (Å²) in [5.74, 6) is -0.0448. The van der Waals surface area contributed by atoms with E-state index in [-0.39, 0.29) is 17.1 Å². The number of piperazine rings is 1. The predicted octanol–water partition coefficient (Wildman–Crippen LogP) is 3.24. The molecular weight excluding hydrogens is 419 g/mol. The number of benzene rings is 1. The number of fused-ring (bicyclic) bond motifs is 2. The predicted molar refractivity (Wildman–Crippen MR) is 125 cm³/mol. The molecule has 1 amide bonds. The third kappa shape index (κ3) is 3.49. The van der Waals surface area contributed by atoms with Gasteiger partial charge >= 0.3 is 0 Å². The van der Waals surface area contributed by atoms with Crippen molar-refractivity contribution in [3.8, 4) is 22.8 Å². The molecule has 2 aromatic heterocycles.